The molecule has 0 fully saturated rings. The summed E-state index contributed by atoms with van der Waals surface area (Å²) in [6.45, 7) is 6.88. The van der Waals surface area contributed by atoms with Crippen molar-refractivity contribution in [1.29, 1.82) is 0 Å². The lowest BCUT2D eigenvalue weighted by Gasteiger charge is -2.08. The number of nitrogen functional groups attached to an aromatic ring is 1. The van der Waals surface area contributed by atoms with Gasteiger partial charge in [0, 0.05) is 6.54 Å². The number of imidazole rings is 1. The van der Waals surface area contributed by atoms with E-state index >= 15 is 0 Å². The molecule has 0 bridgehead atoms. The Hall–Kier alpha value is -2.30. The lowest BCUT2D eigenvalue weighted by molar-refractivity contribution is 0.663. The number of hydrogen-bond acceptors (Lipinski definition) is 3. The van der Waals surface area contributed by atoms with Crippen molar-refractivity contribution in [2.45, 2.75) is 27.3 Å². The van der Waals surface area contributed by atoms with Gasteiger partial charge in [0.25, 0.3) is 0 Å². The van der Waals surface area contributed by atoms with E-state index in [2.05, 4.69) is 36.1 Å². The van der Waals surface area contributed by atoms with E-state index in [1.807, 2.05) is 28.3 Å². The molecule has 3 aromatic rings. The van der Waals surface area contributed by atoms with Crippen LogP contribution in [0.5, 0.6) is 0 Å². The highest BCUT2D eigenvalue weighted by molar-refractivity contribution is 5.80. The van der Waals surface area contributed by atoms with Gasteiger partial charge in [-0.15, -0.1) is 0 Å². The Kier molecular flexibility index (Phi) is 2.55. The number of nitrogens with zero attached hydrogens (tertiary/aromatic N) is 4. The first-order valence-corrected chi connectivity index (χ1v) is 6.40. The van der Waals surface area contributed by atoms with Gasteiger partial charge in [-0.05, 0) is 38.5 Å². The molecular formula is C14H17N5. The Morgan fingerprint density at radius 3 is 2.74 bits per heavy atom. The minimum Gasteiger partial charge on any atom is -0.369 e. The molecule has 5 heteroatoms. The van der Waals surface area contributed by atoms with Crippen LogP contribution >= 0.6 is 0 Å². The Labute approximate surface area is 111 Å². The summed E-state index contributed by atoms with van der Waals surface area (Å²) in [5, 5.41) is 4.50. The quantitative estimate of drug-likeness (QED) is 0.765. The van der Waals surface area contributed by atoms with Crippen LogP contribution in [0.15, 0.2) is 24.3 Å². The van der Waals surface area contributed by atoms with Crippen LogP contribution in [0.25, 0.3) is 16.9 Å². The first-order valence-electron chi connectivity index (χ1n) is 6.40. The zero-order valence-corrected chi connectivity index (χ0v) is 11.4. The highest BCUT2D eigenvalue weighted by atomic mass is 15.4. The molecule has 3 rings (SSSR count). The molecule has 98 valence electrons. The van der Waals surface area contributed by atoms with E-state index in [4.69, 9.17) is 5.73 Å². The number of nitrogens with two attached hydrogens (primary N) is 1. The third kappa shape index (κ3) is 1.69. The number of hydrogen-bond donors (Lipinski definition) is 1. The zero-order valence-electron chi connectivity index (χ0n) is 11.4. The maximum atomic E-state index is 6.08. The van der Waals surface area contributed by atoms with Gasteiger partial charge in [0.05, 0.1) is 11.4 Å². The van der Waals surface area contributed by atoms with Gasteiger partial charge in [-0.25, -0.2) is 9.67 Å². The van der Waals surface area contributed by atoms with Crippen LogP contribution in [0.2, 0.25) is 0 Å². The molecule has 0 saturated heterocycles. The summed E-state index contributed by atoms with van der Waals surface area (Å²) in [6, 6.07) is 8.22. The van der Waals surface area contributed by atoms with Crippen LogP contribution in [0.3, 0.4) is 0 Å². The Morgan fingerprint density at radius 1 is 1.26 bits per heavy atom. The van der Waals surface area contributed by atoms with Gasteiger partial charge in [-0.3, -0.25) is 4.57 Å². The summed E-state index contributed by atoms with van der Waals surface area (Å²) in [5.74, 6) is 0.503. The molecular weight excluding hydrogens is 238 g/mol. The number of benzene rings is 1. The Balaban J connectivity index is 2.37. The summed E-state index contributed by atoms with van der Waals surface area (Å²) in [4.78, 5) is 4.44. The summed E-state index contributed by atoms with van der Waals surface area (Å²) < 4.78 is 3.90. The van der Waals surface area contributed by atoms with Gasteiger partial charge in [0.15, 0.2) is 5.65 Å². The average Bonchev–Trinajstić information content (AvgIpc) is 2.86. The van der Waals surface area contributed by atoms with E-state index in [1.54, 1.807) is 0 Å². The third-order valence-electron chi connectivity index (χ3n) is 3.30. The largest absolute Gasteiger partial charge is 0.369 e. The standard InChI is InChI=1S/C14H17N5/c1-4-18-13-12(10(3)17-18)16-14(15)19(13)11-7-5-6-9(2)8-11/h5-8H,4H2,1-3H3,(H2,15,16). The zero-order chi connectivity index (χ0) is 13.6. The maximum Gasteiger partial charge on any atom is 0.207 e. The van der Waals surface area contributed by atoms with Crippen LogP contribution in [0, 0.1) is 13.8 Å². The second-order valence-corrected chi connectivity index (χ2v) is 4.72. The van der Waals surface area contributed by atoms with Crippen molar-refractivity contribution in [3.05, 3.63) is 35.5 Å². The van der Waals surface area contributed by atoms with Crippen LogP contribution in [0.1, 0.15) is 18.2 Å². The van der Waals surface area contributed by atoms with E-state index < -0.39 is 0 Å². The van der Waals surface area contributed by atoms with Crippen molar-refractivity contribution in [1.82, 2.24) is 19.3 Å². The van der Waals surface area contributed by atoms with Crippen molar-refractivity contribution >= 4 is 17.1 Å². The van der Waals surface area contributed by atoms with Crippen molar-refractivity contribution in [2.24, 2.45) is 0 Å². The Bertz CT molecular complexity index is 751. The number of rotatable bonds is 2. The second kappa shape index (κ2) is 4.12. The lowest BCUT2D eigenvalue weighted by Crippen LogP contribution is -2.06. The molecule has 0 aliphatic rings. The SMILES string of the molecule is CCn1nc(C)c2nc(N)n(-c3cccc(C)c3)c21. The number of aryl methyl sites for hydroxylation is 3. The lowest BCUT2D eigenvalue weighted by atomic mass is 10.2. The van der Waals surface area contributed by atoms with E-state index in [0.717, 1.165) is 29.1 Å². The fraction of sp³-hybridized carbons (Fsp3) is 0.286. The average molecular weight is 255 g/mol. The summed E-state index contributed by atoms with van der Waals surface area (Å²) >= 11 is 0. The van der Waals surface area contributed by atoms with Gasteiger partial charge < -0.3 is 5.73 Å². The van der Waals surface area contributed by atoms with Crippen molar-refractivity contribution in [3.63, 3.8) is 0 Å². The van der Waals surface area contributed by atoms with E-state index in [0.29, 0.717) is 5.95 Å². The molecule has 0 spiro atoms. The smallest absolute Gasteiger partial charge is 0.207 e. The van der Waals surface area contributed by atoms with Crippen molar-refractivity contribution in [2.75, 3.05) is 5.73 Å². The molecule has 19 heavy (non-hydrogen) atoms. The molecule has 0 atom stereocenters. The second-order valence-electron chi connectivity index (χ2n) is 4.72. The normalized spacial score (nSPS) is 11.3. The summed E-state index contributed by atoms with van der Waals surface area (Å²) in [5.41, 5.74) is 11.0. The number of anilines is 1. The molecule has 0 aliphatic carbocycles. The van der Waals surface area contributed by atoms with Gasteiger partial charge >= 0.3 is 0 Å². The molecule has 1 aromatic carbocycles. The minimum atomic E-state index is 0.503. The van der Waals surface area contributed by atoms with E-state index in [9.17, 15) is 0 Å². The minimum absolute atomic E-state index is 0.503. The molecule has 5 nitrogen and oxygen atoms in total. The fourth-order valence-electron chi connectivity index (χ4n) is 2.43. The number of fused-ring (bicyclic) bond motifs is 1. The van der Waals surface area contributed by atoms with Crippen LogP contribution in [0.4, 0.5) is 5.95 Å². The molecule has 0 amide bonds. The molecule has 0 radical (unpaired) electrons. The third-order valence-corrected chi connectivity index (χ3v) is 3.30. The van der Waals surface area contributed by atoms with Gasteiger partial charge in [-0.1, -0.05) is 12.1 Å². The Morgan fingerprint density at radius 2 is 2.05 bits per heavy atom. The van der Waals surface area contributed by atoms with Crippen molar-refractivity contribution in [3.8, 4) is 5.69 Å². The molecule has 2 heterocycles. The van der Waals surface area contributed by atoms with Gasteiger partial charge in [-0.2, -0.15) is 5.10 Å². The first-order chi connectivity index (χ1) is 9.11. The summed E-state index contributed by atoms with van der Waals surface area (Å²) in [7, 11) is 0. The van der Waals surface area contributed by atoms with Crippen molar-refractivity contribution < 1.29 is 0 Å². The number of aromatic nitrogens is 4. The van der Waals surface area contributed by atoms with Gasteiger partial charge in [0.1, 0.15) is 5.52 Å². The molecule has 0 aliphatic heterocycles. The fourth-order valence-corrected chi connectivity index (χ4v) is 2.43. The first kappa shape index (κ1) is 11.8. The van der Waals surface area contributed by atoms with Crippen LogP contribution in [-0.2, 0) is 6.54 Å². The van der Waals surface area contributed by atoms with E-state index in [-0.39, 0.29) is 0 Å². The van der Waals surface area contributed by atoms with Crippen LogP contribution < -0.4 is 5.73 Å². The maximum absolute atomic E-state index is 6.08. The van der Waals surface area contributed by atoms with Crippen LogP contribution in [-0.4, -0.2) is 19.3 Å². The van der Waals surface area contributed by atoms with E-state index in [1.165, 1.54) is 5.56 Å². The predicted molar refractivity (Wildman–Crippen MR) is 76.4 cm³/mol. The molecule has 0 unspecified atom stereocenters. The molecule has 2 aromatic heterocycles. The predicted octanol–water partition coefficient (Wildman–Crippen LogP) is 2.44. The van der Waals surface area contributed by atoms with Gasteiger partial charge in [0.2, 0.25) is 5.95 Å². The summed E-state index contributed by atoms with van der Waals surface area (Å²) in [6.07, 6.45) is 0. The topological polar surface area (TPSA) is 61.7 Å². The molecule has 0 saturated carbocycles. The highest BCUT2D eigenvalue weighted by Crippen LogP contribution is 2.25. The molecule has 2 N–H and O–H groups in total. The highest BCUT2D eigenvalue weighted by Gasteiger charge is 2.17. The monoisotopic (exact) mass is 255 g/mol.